The van der Waals surface area contributed by atoms with E-state index in [9.17, 15) is 0 Å². The van der Waals surface area contributed by atoms with Crippen LogP contribution in [0, 0.1) is 0 Å². The van der Waals surface area contributed by atoms with Crippen LogP contribution in [0.25, 0.3) is 0 Å². The molecule has 3 N–H and O–H groups in total. The fourth-order valence-corrected chi connectivity index (χ4v) is 3.79. The van der Waals surface area contributed by atoms with Crippen LogP contribution in [0.15, 0.2) is 10.7 Å². The van der Waals surface area contributed by atoms with Gasteiger partial charge in [0.15, 0.2) is 0 Å². The maximum Gasteiger partial charge on any atom is 0.0823 e. The fraction of sp³-hybridized carbons (Fsp3) is 0.750. The average Bonchev–Trinajstić information content (AvgIpc) is 2.92. The molecule has 18 heavy (non-hydrogen) atoms. The molecule has 1 unspecified atom stereocenters. The molecule has 0 bridgehead atoms. The normalized spacial score (nSPS) is 20.6. The number of rotatable bonds is 4. The number of aryl methyl sites for hydroxylation is 1. The maximum absolute atomic E-state index is 5.87. The van der Waals surface area contributed by atoms with E-state index in [4.69, 9.17) is 5.84 Å². The van der Waals surface area contributed by atoms with Crippen molar-refractivity contribution in [3.63, 3.8) is 0 Å². The second-order valence-corrected chi connectivity index (χ2v) is 6.16. The van der Waals surface area contributed by atoms with Crippen molar-refractivity contribution in [3.8, 4) is 0 Å². The molecule has 0 amide bonds. The minimum atomic E-state index is 0.0745. The Hall–Kier alpha value is -0.430. The largest absolute Gasteiger partial charge is 0.302 e. The third-order valence-electron chi connectivity index (χ3n) is 4.28. The topological polar surface area (TPSA) is 59.1 Å². The summed E-state index contributed by atoms with van der Waals surface area (Å²) in [7, 11) is 6.24. The maximum atomic E-state index is 5.87. The molecular formula is C12H22BrN5. The summed E-state index contributed by atoms with van der Waals surface area (Å²) in [5.74, 6) is 5.87. The molecule has 0 radical (unpaired) electrons. The van der Waals surface area contributed by atoms with Crippen LogP contribution in [0.1, 0.15) is 37.4 Å². The molecule has 0 aromatic carbocycles. The molecule has 1 fully saturated rings. The van der Waals surface area contributed by atoms with Gasteiger partial charge in [-0.2, -0.15) is 5.10 Å². The highest BCUT2D eigenvalue weighted by atomic mass is 79.9. The van der Waals surface area contributed by atoms with Crippen LogP contribution in [0.2, 0.25) is 0 Å². The summed E-state index contributed by atoms with van der Waals surface area (Å²) in [5, 5.41) is 4.30. The van der Waals surface area contributed by atoms with Crippen molar-refractivity contribution < 1.29 is 0 Å². The van der Waals surface area contributed by atoms with E-state index in [0.29, 0.717) is 0 Å². The smallest absolute Gasteiger partial charge is 0.0823 e. The van der Waals surface area contributed by atoms with Gasteiger partial charge in [0.2, 0.25) is 0 Å². The lowest BCUT2D eigenvalue weighted by Crippen LogP contribution is -2.54. The molecule has 1 aromatic heterocycles. The van der Waals surface area contributed by atoms with Crippen LogP contribution in [-0.2, 0) is 7.05 Å². The first kappa shape index (κ1) is 14.0. The van der Waals surface area contributed by atoms with Gasteiger partial charge in [-0.1, -0.05) is 12.8 Å². The molecule has 2 rings (SSSR count). The van der Waals surface area contributed by atoms with Crippen LogP contribution in [-0.4, -0.2) is 34.3 Å². The number of nitrogens with one attached hydrogen (secondary N) is 1. The van der Waals surface area contributed by atoms with Gasteiger partial charge in [0, 0.05) is 12.6 Å². The molecule has 0 spiro atoms. The Kier molecular flexibility index (Phi) is 4.11. The second-order valence-electron chi connectivity index (χ2n) is 5.31. The zero-order chi connectivity index (χ0) is 13.3. The van der Waals surface area contributed by atoms with E-state index in [-0.39, 0.29) is 11.6 Å². The third-order valence-corrected chi connectivity index (χ3v) is 4.89. The average molecular weight is 316 g/mol. The van der Waals surface area contributed by atoms with Crippen LogP contribution in [0.5, 0.6) is 0 Å². The Bertz CT molecular complexity index is 389. The Balaban J connectivity index is 2.44. The lowest BCUT2D eigenvalue weighted by molar-refractivity contribution is 0.100. The predicted octanol–water partition coefficient (Wildman–Crippen LogP) is 1.56. The van der Waals surface area contributed by atoms with Gasteiger partial charge in [0.1, 0.15) is 0 Å². The highest BCUT2D eigenvalue weighted by Gasteiger charge is 2.45. The predicted molar refractivity (Wildman–Crippen MR) is 75.9 cm³/mol. The highest BCUT2D eigenvalue weighted by molar-refractivity contribution is 9.10. The summed E-state index contributed by atoms with van der Waals surface area (Å²) in [5.41, 5.74) is 4.21. The summed E-state index contributed by atoms with van der Waals surface area (Å²) < 4.78 is 2.92. The Morgan fingerprint density at radius 2 is 2.11 bits per heavy atom. The molecular weight excluding hydrogens is 294 g/mol. The van der Waals surface area contributed by atoms with Gasteiger partial charge < -0.3 is 4.90 Å². The number of aromatic nitrogens is 2. The standard InChI is InChI=1S/C12H22BrN5/c1-17(2)12(6-4-5-7-12)11(16-14)10-9(13)8-15-18(10)3/h8,11,16H,4-7,14H2,1-3H3. The van der Waals surface area contributed by atoms with Gasteiger partial charge in [-0.05, 0) is 42.9 Å². The number of nitrogens with two attached hydrogens (primary N) is 1. The van der Waals surface area contributed by atoms with Gasteiger partial charge in [0.05, 0.1) is 22.4 Å². The summed E-state index contributed by atoms with van der Waals surface area (Å²) in [6, 6.07) is 0.0804. The first-order valence-corrected chi connectivity index (χ1v) is 7.13. The molecule has 102 valence electrons. The zero-order valence-corrected chi connectivity index (χ0v) is 12.9. The fourth-order valence-electron chi connectivity index (χ4n) is 3.21. The first-order valence-electron chi connectivity index (χ1n) is 6.34. The molecule has 1 saturated carbocycles. The number of halogens is 1. The monoisotopic (exact) mass is 315 g/mol. The van der Waals surface area contributed by atoms with Crippen molar-refractivity contribution in [2.45, 2.75) is 37.3 Å². The SMILES string of the molecule is CN(C)C1(C(NN)c2c(Br)cnn2C)CCCC1. The van der Waals surface area contributed by atoms with E-state index in [2.05, 4.69) is 45.4 Å². The quantitative estimate of drug-likeness (QED) is 0.654. The summed E-state index contributed by atoms with van der Waals surface area (Å²) >= 11 is 3.58. The van der Waals surface area contributed by atoms with Crippen molar-refractivity contribution >= 4 is 15.9 Å². The molecule has 1 atom stereocenters. The zero-order valence-electron chi connectivity index (χ0n) is 11.3. The first-order chi connectivity index (χ1) is 8.53. The molecule has 5 nitrogen and oxygen atoms in total. The minimum Gasteiger partial charge on any atom is -0.302 e. The lowest BCUT2D eigenvalue weighted by Gasteiger charge is -2.43. The molecule has 1 aliphatic rings. The van der Waals surface area contributed by atoms with Crippen molar-refractivity contribution in [2.75, 3.05) is 14.1 Å². The summed E-state index contributed by atoms with van der Waals surface area (Å²) in [6.45, 7) is 0. The van der Waals surface area contributed by atoms with Crippen LogP contribution in [0.3, 0.4) is 0 Å². The van der Waals surface area contributed by atoms with Crippen LogP contribution < -0.4 is 11.3 Å². The van der Waals surface area contributed by atoms with E-state index in [1.54, 1.807) is 0 Å². The molecule has 1 aromatic rings. The van der Waals surface area contributed by atoms with Crippen LogP contribution in [0.4, 0.5) is 0 Å². The molecule has 6 heteroatoms. The summed E-state index contributed by atoms with van der Waals surface area (Å²) in [6.07, 6.45) is 6.66. The van der Waals surface area contributed by atoms with Crippen molar-refractivity contribution in [1.82, 2.24) is 20.1 Å². The second kappa shape index (κ2) is 5.28. The molecule has 0 saturated heterocycles. The number of nitrogens with zero attached hydrogens (tertiary/aromatic N) is 3. The number of hydrogen-bond acceptors (Lipinski definition) is 4. The van der Waals surface area contributed by atoms with Gasteiger partial charge in [-0.3, -0.25) is 10.5 Å². The Morgan fingerprint density at radius 1 is 1.50 bits per heavy atom. The van der Waals surface area contributed by atoms with E-state index in [1.165, 1.54) is 12.8 Å². The van der Waals surface area contributed by atoms with Crippen molar-refractivity contribution in [3.05, 3.63) is 16.4 Å². The minimum absolute atomic E-state index is 0.0745. The number of hydrazine groups is 1. The van der Waals surface area contributed by atoms with E-state index in [1.807, 2.05) is 17.9 Å². The van der Waals surface area contributed by atoms with Crippen molar-refractivity contribution in [1.29, 1.82) is 0 Å². The van der Waals surface area contributed by atoms with E-state index >= 15 is 0 Å². The summed E-state index contributed by atoms with van der Waals surface area (Å²) in [4.78, 5) is 2.31. The number of hydrogen-bond donors (Lipinski definition) is 2. The lowest BCUT2D eigenvalue weighted by atomic mass is 9.85. The van der Waals surface area contributed by atoms with Gasteiger partial charge >= 0.3 is 0 Å². The van der Waals surface area contributed by atoms with Gasteiger partial charge in [0.25, 0.3) is 0 Å². The molecule has 1 aliphatic carbocycles. The van der Waals surface area contributed by atoms with Gasteiger partial charge in [-0.25, -0.2) is 5.43 Å². The van der Waals surface area contributed by atoms with Crippen LogP contribution >= 0.6 is 15.9 Å². The highest BCUT2D eigenvalue weighted by Crippen LogP contribution is 2.44. The third kappa shape index (κ3) is 2.11. The van der Waals surface area contributed by atoms with E-state index in [0.717, 1.165) is 23.0 Å². The van der Waals surface area contributed by atoms with Gasteiger partial charge in [-0.15, -0.1) is 0 Å². The Morgan fingerprint density at radius 3 is 2.50 bits per heavy atom. The van der Waals surface area contributed by atoms with Crippen molar-refractivity contribution in [2.24, 2.45) is 12.9 Å². The van der Waals surface area contributed by atoms with E-state index < -0.39 is 0 Å². The Labute approximate surface area is 117 Å². The molecule has 0 aliphatic heterocycles. The molecule has 1 heterocycles. The number of likely N-dealkylation sites (N-methyl/N-ethyl adjacent to an activating group) is 1.